The molecular formula is C23H31N5O3. The third-order valence-electron chi connectivity index (χ3n) is 6.22. The van der Waals surface area contributed by atoms with Crippen molar-refractivity contribution in [1.82, 2.24) is 19.7 Å². The van der Waals surface area contributed by atoms with E-state index in [2.05, 4.69) is 38.5 Å². The SMILES string of the molecule is O=C1NCCCCCCC2CC=Nc3c2ccn3CCCCCn2cc(O)c(=O)c1n2. The van der Waals surface area contributed by atoms with Gasteiger partial charge in [0.2, 0.25) is 0 Å². The van der Waals surface area contributed by atoms with Crippen molar-refractivity contribution in [2.24, 2.45) is 4.99 Å². The van der Waals surface area contributed by atoms with Gasteiger partial charge in [-0.25, -0.2) is 4.99 Å². The van der Waals surface area contributed by atoms with Crippen LogP contribution in [0.25, 0.3) is 0 Å². The maximum absolute atomic E-state index is 12.4. The van der Waals surface area contributed by atoms with E-state index in [0.717, 1.165) is 70.2 Å². The van der Waals surface area contributed by atoms with Gasteiger partial charge in [-0.15, -0.1) is 0 Å². The van der Waals surface area contributed by atoms with Crippen molar-refractivity contribution in [1.29, 1.82) is 0 Å². The summed E-state index contributed by atoms with van der Waals surface area (Å²) in [5, 5.41) is 16.9. The molecule has 8 heteroatoms. The van der Waals surface area contributed by atoms with Gasteiger partial charge in [0.1, 0.15) is 5.82 Å². The van der Waals surface area contributed by atoms with E-state index >= 15 is 0 Å². The topological polar surface area (TPSA) is 102 Å². The van der Waals surface area contributed by atoms with E-state index in [1.54, 1.807) is 0 Å². The number of carbonyl (C=O) groups is 1. The van der Waals surface area contributed by atoms with Crippen molar-refractivity contribution in [2.75, 3.05) is 6.54 Å². The first kappa shape index (κ1) is 21.3. The van der Waals surface area contributed by atoms with Gasteiger partial charge in [-0.2, -0.15) is 5.10 Å². The van der Waals surface area contributed by atoms with Crippen molar-refractivity contribution in [3.8, 4) is 5.75 Å². The van der Waals surface area contributed by atoms with Crippen LogP contribution in [0.2, 0.25) is 0 Å². The lowest BCUT2D eigenvalue weighted by Gasteiger charge is -2.19. The summed E-state index contributed by atoms with van der Waals surface area (Å²) in [5.41, 5.74) is 0.430. The largest absolute Gasteiger partial charge is 0.503 e. The van der Waals surface area contributed by atoms with Gasteiger partial charge in [0, 0.05) is 32.0 Å². The first-order valence-electron chi connectivity index (χ1n) is 11.4. The van der Waals surface area contributed by atoms with E-state index in [1.165, 1.54) is 16.4 Å². The number of aromatic hydroxyl groups is 1. The summed E-state index contributed by atoms with van der Waals surface area (Å²) >= 11 is 0. The average molecular weight is 426 g/mol. The lowest BCUT2D eigenvalue weighted by atomic mass is 9.90. The Kier molecular flexibility index (Phi) is 6.84. The molecule has 0 aromatic carbocycles. The molecule has 2 aliphatic rings. The van der Waals surface area contributed by atoms with Gasteiger partial charge in [0.05, 0.1) is 6.20 Å². The molecule has 2 aliphatic heterocycles. The van der Waals surface area contributed by atoms with Crippen molar-refractivity contribution in [3.63, 3.8) is 0 Å². The fraction of sp³-hybridized carbons (Fsp3) is 0.565. The summed E-state index contributed by atoms with van der Waals surface area (Å²) in [4.78, 5) is 29.2. The highest BCUT2D eigenvalue weighted by atomic mass is 16.3. The van der Waals surface area contributed by atoms with Gasteiger partial charge in [-0.1, -0.05) is 19.3 Å². The smallest absolute Gasteiger partial charge is 0.275 e. The second-order valence-corrected chi connectivity index (χ2v) is 8.51. The Morgan fingerprint density at radius 2 is 1.84 bits per heavy atom. The first-order chi connectivity index (χ1) is 15.1. The van der Waals surface area contributed by atoms with E-state index in [4.69, 9.17) is 0 Å². The van der Waals surface area contributed by atoms with Crippen LogP contribution in [0.3, 0.4) is 0 Å². The molecule has 0 spiro atoms. The fourth-order valence-electron chi connectivity index (χ4n) is 4.47. The second-order valence-electron chi connectivity index (χ2n) is 8.51. The molecule has 166 valence electrons. The molecule has 2 aromatic rings. The molecule has 0 saturated carbocycles. The molecule has 1 unspecified atom stereocenters. The molecule has 2 N–H and O–H groups in total. The monoisotopic (exact) mass is 425 g/mol. The average Bonchev–Trinajstić information content (AvgIpc) is 3.18. The zero-order valence-corrected chi connectivity index (χ0v) is 17.9. The van der Waals surface area contributed by atoms with E-state index in [-0.39, 0.29) is 5.69 Å². The van der Waals surface area contributed by atoms with E-state index in [1.807, 2.05) is 0 Å². The number of carbonyl (C=O) groups excluding carboxylic acids is 1. The van der Waals surface area contributed by atoms with E-state index < -0.39 is 17.1 Å². The molecule has 2 aromatic heterocycles. The molecule has 4 heterocycles. The van der Waals surface area contributed by atoms with Gasteiger partial charge >= 0.3 is 0 Å². The minimum atomic E-state index is -0.715. The zero-order chi connectivity index (χ0) is 21.6. The van der Waals surface area contributed by atoms with Gasteiger partial charge < -0.3 is 15.0 Å². The summed E-state index contributed by atoms with van der Waals surface area (Å²) < 4.78 is 3.75. The van der Waals surface area contributed by atoms with Crippen LogP contribution in [0.4, 0.5) is 5.82 Å². The highest BCUT2D eigenvalue weighted by Gasteiger charge is 2.21. The molecular weight excluding hydrogens is 394 g/mol. The molecule has 6 bridgehead atoms. The normalized spacial score (nSPS) is 20.8. The summed E-state index contributed by atoms with van der Waals surface area (Å²) in [6.45, 7) is 1.95. The number of nitrogens with zero attached hydrogens (tertiary/aromatic N) is 4. The number of hydrogen-bond acceptors (Lipinski definition) is 5. The minimum absolute atomic E-state index is 0.234. The Hall–Kier alpha value is -2.90. The third-order valence-corrected chi connectivity index (χ3v) is 6.22. The van der Waals surface area contributed by atoms with E-state index in [0.29, 0.717) is 19.0 Å². The Bertz CT molecular complexity index is 1010. The van der Waals surface area contributed by atoms with Crippen molar-refractivity contribution >= 4 is 17.9 Å². The lowest BCUT2D eigenvalue weighted by molar-refractivity contribution is 0.0943. The van der Waals surface area contributed by atoms with Gasteiger partial charge in [-0.3, -0.25) is 14.3 Å². The predicted octanol–water partition coefficient (Wildman–Crippen LogP) is 3.50. The quantitative estimate of drug-likeness (QED) is 0.674. The molecule has 1 atom stereocenters. The molecule has 0 fully saturated rings. The number of amides is 1. The summed E-state index contributed by atoms with van der Waals surface area (Å²) in [6, 6.07) is 2.24. The fourth-order valence-corrected chi connectivity index (χ4v) is 4.47. The van der Waals surface area contributed by atoms with Crippen LogP contribution in [-0.4, -0.2) is 38.1 Å². The second kappa shape index (κ2) is 9.94. The minimum Gasteiger partial charge on any atom is -0.503 e. The first-order valence-corrected chi connectivity index (χ1v) is 11.4. The van der Waals surface area contributed by atoms with Gasteiger partial charge in [-0.05, 0) is 56.1 Å². The molecule has 4 rings (SSSR count). The number of rotatable bonds is 0. The molecule has 8 nitrogen and oxygen atoms in total. The van der Waals surface area contributed by atoms with E-state index in [9.17, 15) is 14.7 Å². The Morgan fingerprint density at radius 3 is 2.74 bits per heavy atom. The van der Waals surface area contributed by atoms with Crippen LogP contribution in [0.5, 0.6) is 5.75 Å². The molecule has 0 radical (unpaired) electrons. The third kappa shape index (κ3) is 5.06. The number of aromatic nitrogens is 3. The molecule has 0 aliphatic carbocycles. The van der Waals surface area contributed by atoms with Crippen LogP contribution in [0, 0.1) is 0 Å². The van der Waals surface area contributed by atoms with Crippen LogP contribution < -0.4 is 10.7 Å². The van der Waals surface area contributed by atoms with Gasteiger partial charge in [0.25, 0.3) is 11.3 Å². The maximum Gasteiger partial charge on any atom is 0.275 e. The van der Waals surface area contributed by atoms with Crippen molar-refractivity contribution in [3.05, 3.63) is 39.9 Å². The van der Waals surface area contributed by atoms with Crippen LogP contribution >= 0.6 is 0 Å². The number of fused-ring (bicyclic) bond motifs is 2. The lowest BCUT2D eigenvalue weighted by Crippen LogP contribution is -2.32. The maximum atomic E-state index is 12.4. The van der Waals surface area contributed by atoms with Crippen LogP contribution in [0.15, 0.2) is 28.2 Å². The van der Waals surface area contributed by atoms with Crippen molar-refractivity contribution in [2.45, 2.75) is 76.8 Å². The zero-order valence-electron chi connectivity index (χ0n) is 17.9. The van der Waals surface area contributed by atoms with Crippen molar-refractivity contribution < 1.29 is 9.90 Å². The Balaban J connectivity index is 1.47. The highest BCUT2D eigenvalue weighted by molar-refractivity contribution is 5.92. The Morgan fingerprint density at radius 1 is 1.03 bits per heavy atom. The molecule has 1 amide bonds. The summed E-state index contributed by atoms with van der Waals surface area (Å²) in [5.74, 6) is 0.717. The number of aliphatic imine (C=N–C) groups is 1. The predicted molar refractivity (Wildman–Crippen MR) is 119 cm³/mol. The summed E-state index contributed by atoms with van der Waals surface area (Å²) in [6.07, 6.45) is 14.6. The number of aryl methyl sites for hydroxylation is 2. The van der Waals surface area contributed by atoms with Crippen LogP contribution in [0.1, 0.15) is 79.8 Å². The number of hydrogen-bond donors (Lipinski definition) is 2. The molecule has 31 heavy (non-hydrogen) atoms. The summed E-state index contributed by atoms with van der Waals surface area (Å²) in [7, 11) is 0. The Labute approximate surface area is 182 Å². The molecule has 0 saturated heterocycles. The highest BCUT2D eigenvalue weighted by Crippen LogP contribution is 2.37. The number of nitrogens with one attached hydrogen (secondary N) is 1. The van der Waals surface area contributed by atoms with Gasteiger partial charge in [0.15, 0.2) is 11.4 Å². The standard InChI is InChI=1S/C23H31N5O3/c29-19-16-28-14-7-3-6-13-27-15-10-18-17(9-12-24-22(18)27)8-4-1-2-5-11-25-23(31)20(26-28)21(19)30/h10,12,15-17,29H,1-9,11,13-14H2,(H,25,31). The van der Waals surface area contributed by atoms with Crippen LogP contribution in [-0.2, 0) is 13.1 Å².